The lowest BCUT2D eigenvalue weighted by molar-refractivity contribution is 0.490. The SMILES string of the molecule is Cc1cc(-c2n[nH]c(=O)n2Cc2ccco2)n(C)n1. The van der Waals surface area contributed by atoms with Gasteiger partial charge in [-0.3, -0.25) is 9.25 Å². The molecule has 0 atom stereocenters. The maximum Gasteiger partial charge on any atom is 0.344 e. The van der Waals surface area contributed by atoms with Crippen molar-refractivity contribution in [1.82, 2.24) is 24.5 Å². The van der Waals surface area contributed by atoms with Gasteiger partial charge in [-0.15, -0.1) is 0 Å². The number of furan rings is 1. The maximum absolute atomic E-state index is 11.8. The zero-order chi connectivity index (χ0) is 13.4. The fourth-order valence-electron chi connectivity index (χ4n) is 2.04. The van der Waals surface area contributed by atoms with Crippen LogP contribution in [0.4, 0.5) is 0 Å². The zero-order valence-corrected chi connectivity index (χ0v) is 10.6. The topological polar surface area (TPSA) is 81.6 Å². The summed E-state index contributed by atoms with van der Waals surface area (Å²) in [4.78, 5) is 11.8. The Morgan fingerprint density at radius 2 is 2.32 bits per heavy atom. The van der Waals surface area contributed by atoms with E-state index in [1.165, 1.54) is 4.57 Å². The third kappa shape index (κ3) is 1.99. The van der Waals surface area contributed by atoms with Gasteiger partial charge in [0.25, 0.3) is 0 Å². The first-order chi connectivity index (χ1) is 9.15. The molecule has 3 aromatic rings. The van der Waals surface area contributed by atoms with Crippen molar-refractivity contribution < 1.29 is 4.42 Å². The first-order valence-corrected chi connectivity index (χ1v) is 5.84. The van der Waals surface area contributed by atoms with Gasteiger partial charge in [0, 0.05) is 7.05 Å². The van der Waals surface area contributed by atoms with Crippen molar-refractivity contribution in [3.05, 3.63) is 46.4 Å². The van der Waals surface area contributed by atoms with Crippen LogP contribution < -0.4 is 5.69 Å². The molecule has 0 aliphatic carbocycles. The minimum atomic E-state index is -0.273. The Hall–Kier alpha value is -2.57. The molecular formula is C12H13N5O2. The quantitative estimate of drug-likeness (QED) is 0.758. The van der Waals surface area contributed by atoms with Crippen LogP contribution in [0.5, 0.6) is 0 Å². The molecule has 0 fully saturated rings. The molecule has 3 aromatic heterocycles. The minimum absolute atomic E-state index is 0.273. The molecule has 1 N–H and O–H groups in total. The monoisotopic (exact) mass is 259 g/mol. The van der Waals surface area contributed by atoms with Crippen molar-refractivity contribution in [1.29, 1.82) is 0 Å². The lowest BCUT2D eigenvalue weighted by Crippen LogP contribution is -2.18. The van der Waals surface area contributed by atoms with Gasteiger partial charge in [0.15, 0.2) is 5.82 Å². The normalized spacial score (nSPS) is 11.1. The number of hydrogen-bond acceptors (Lipinski definition) is 4. The number of H-pyrrole nitrogens is 1. The summed E-state index contributed by atoms with van der Waals surface area (Å²) in [6.07, 6.45) is 1.58. The number of aryl methyl sites for hydroxylation is 2. The van der Waals surface area contributed by atoms with Crippen LogP contribution in [0.3, 0.4) is 0 Å². The third-order valence-corrected chi connectivity index (χ3v) is 2.88. The van der Waals surface area contributed by atoms with E-state index in [1.807, 2.05) is 26.1 Å². The average Bonchev–Trinajstić information content (AvgIpc) is 3.05. The van der Waals surface area contributed by atoms with Crippen LogP contribution in [0.1, 0.15) is 11.5 Å². The van der Waals surface area contributed by atoms with Crippen molar-refractivity contribution in [2.45, 2.75) is 13.5 Å². The Balaban J connectivity index is 2.08. The highest BCUT2D eigenvalue weighted by atomic mass is 16.3. The van der Waals surface area contributed by atoms with Crippen LogP contribution in [0.25, 0.3) is 11.5 Å². The largest absolute Gasteiger partial charge is 0.467 e. The zero-order valence-electron chi connectivity index (χ0n) is 10.6. The molecule has 7 heteroatoms. The van der Waals surface area contributed by atoms with E-state index in [-0.39, 0.29) is 5.69 Å². The molecule has 0 saturated carbocycles. The molecule has 0 aliphatic heterocycles. The first kappa shape index (κ1) is 11.5. The molecule has 19 heavy (non-hydrogen) atoms. The number of aromatic nitrogens is 5. The van der Waals surface area contributed by atoms with Crippen molar-refractivity contribution in [3.8, 4) is 11.5 Å². The summed E-state index contributed by atoms with van der Waals surface area (Å²) < 4.78 is 8.49. The van der Waals surface area contributed by atoms with Crippen molar-refractivity contribution >= 4 is 0 Å². The lowest BCUT2D eigenvalue weighted by atomic mass is 10.3. The Bertz CT molecular complexity index is 748. The van der Waals surface area contributed by atoms with Gasteiger partial charge in [0.2, 0.25) is 0 Å². The van der Waals surface area contributed by atoms with Gasteiger partial charge in [-0.25, -0.2) is 9.89 Å². The number of hydrogen-bond donors (Lipinski definition) is 1. The molecule has 0 radical (unpaired) electrons. The fraction of sp³-hybridized carbons (Fsp3) is 0.250. The van der Waals surface area contributed by atoms with E-state index in [0.717, 1.165) is 11.4 Å². The van der Waals surface area contributed by atoms with Crippen molar-refractivity contribution in [2.75, 3.05) is 0 Å². The van der Waals surface area contributed by atoms with E-state index in [1.54, 1.807) is 17.0 Å². The smallest absolute Gasteiger partial charge is 0.344 e. The molecule has 3 heterocycles. The Morgan fingerprint density at radius 3 is 2.95 bits per heavy atom. The van der Waals surface area contributed by atoms with Gasteiger partial charge >= 0.3 is 5.69 Å². The molecule has 0 spiro atoms. The van der Waals surface area contributed by atoms with Crippen molar-refractivity contribution in [2.24, 2.45) is 7.05 Å². The predicted octanol–water partition coefficient (Wildman–Crippen LogP) is 0.922. The van der Waals surface area contributed by atoms with E-state index < -0.39 is 0 Å². The van der Waals surface area contributed by atoms with Gasteiger partial charge in [-0.2, -0.15) is 10.2 Å². The van der Waals surface area contributed by atoms with Crippen LogP contribution in [-0.4, -0.2) is 24.5 Å². The van der Waals surface area contributed by atoms with Crippen LogP contribution in [0.15, 0.2) is 33.7 Å². The summed E-state index contributed by atoms with van der Waals surface area (Å²) in [5, 5.41) is 10.8. The second-order valence-corrected chi connectivity index (χ2v) is 4.31. The lowest BCUT2D eigenvalue weighted by Gasteiger charge is -2.03. The van der Waals surface area contributed by atoms with E-state index in [9.17, 15) is 4.79 Å². The summed E-state index contributed by atoms with van der Waals surface area (Å²) in [6, 6.07) is 5.49. The first-order valence-electron chi connectivity index (χ1n) is 5.84. The molecule has 0 unspecified atom stereocenters. The number of aromatic amines is 1. The summed E-state index contributed by atoms with van der Waals surface area (Å²) in [7, 11) is 1.82. The molecular weight excluding hydrogens is 246 g/mol. The number of nitrogens with zero attached hydrogens (tertiary/aromatic N) is 4. The van der Waals surface area contributed by atoms with E-state index in [0.29, 0.717) is 18.1 Å². The summed E-state index contributed by atoms with van der Waals surface area (Å²) in [5.41, 5.74) is 1.38. The Labute approximate surface area is 108 Å². The highest BCUT2D eigenvalue weighted by molar-refractivity contribution is 5.50. The van der Waals surface area contributed by atoms with E-state index >= 15 is 0 Å². The van der Waals surface area contributed by atoms with E-state index in [4.69, 9.17) is 4.42 Å². The Kier molecular flexibility index (Phi) is 2.59. The van der Waals surface area contributed by atoms with E-state index in [2.05, 4.69) is 15.3 Å². The highest BCUT2D eigenvalue weighted by Gasteiger charge is 2.15. The van der Waals surface area contributed by atoms with Gasteiger partial charge in [0.05, 0.1) is 18.5 Å². The summed E-state index contributed by atoms with van der Waals surface area (Å²) in [6.45, 7) is 2.23. The summed E-state index contributed by atoms with van der Waals surface area (Å²) in [5.74, 6) is 1.24. The minimum Gasteiger partial charge on any atom is -0.467 e. The maximum atomic E-state index is 11.8. The highest BCUT2D eigenvalue weighted by Crippen LogP contribution is 2.16. The fourth-order valence-corrected chi connectivity index (χ4v) is 2.04. The summed E-state index contributed by atoms with van der Waals surface area (Å²) >= 11 is 0. The average molecular weight is 259 g/mol. The number of rotatable bonds is 3. The molecule has 0 aromatic carbocycles. The van der Waals surface area contributed by atoms with Crippen LogP contribution >= 0.6 is 0 Å². The molecule has 0 bridgehead atoms. The standard InChI is InChI=1S/C12H13N5O2/c1-8-6-10(16(2)15-8)11-13-14-12(18)17(11)7-9-4-3-5-19-9/h3-6H,7H2,1-2H3,(H,14,18). The Morgan fingerprint density at radius 1 is 1.47 bits per heavy atom. The molecule has 98 valence electrons. The second-order valence-electron chi connectivity index (χ2n) is 4.31. The molecule has 3 rings (SSSR count). The molecule has 0 amide bonds. The van der Waals surface area contributed by atoms with Crippen LogP contribution in [0.2, 0.25) is 0 Å². The third-order valence-electron chi connectivity index (χ3n) is 2.88. The van der Waals surface area contributed by atoms with Crippen LogP contribution in [-0.2, 0) is 13.6 Å². The van der Waals surface area contributed by atoms with Gasteiger partial charge in [-0.05, 0) is 25.1 Å². The predicted molar refractivity (Wildman–Crippen MR) is 67.6 cm³/mol. The van der Waals surface area contributed by atoms with Crippen LogP contribution in [0, 0.1) is 6.92 Å². The number of nitrogens with one attached hydrogen (secondary N) is 1. The van der Waals surface area contributed by atoms with Gasteiger partial charge in [0.1, 0.15) is 11.5 Å². The van der Waals surface area contributed by atoms with Crippen molar-refractivity contribution in [3.63, 3.8) is 0 Å². The molecule has 0 aliphatic rings. The second kappa shape index (κ2) is 4.27. The van der Waals surface area contributed by atoms with Gasteiger partial charge in [-0.1, -0.05) is 0 Å². The molecule has 7 nitrogen and oxygen atoms in total. The van der Waals surface area contributed by atoms with Gasteiger partial charge < -0.3 is 4.42 Å². The molecule has 0 saturated heterocycles.